The molecule has 3 N–H and O–H groups in total. The van der Waals surface area contributed by atoms with Crippen LogP contribution in [0.5, 0.6) is 5.75 Å². The Morgan fingerprint density at radius 1 is 1.39 bits per heavy atom. The van der Waals surface area contributed by atoms with Crippen molar-refractivity contribution in [3.8, 4) is 5.75 Å². The number of oxime groups is 1. The van der Waals surface area contributed by atoms with Crippen LogP contribution in [0.4, 0.5) is 13.2 Å². The molecule has 7 heteroatoms. The molecule has 1 atom stereocenters. The fourth-order valence-electron chi connectivity index (χ4n) is 1.30. The first kappa shape index (κ1) is 14.1. The Kier molecular flexibility index (Phi) is 4.41. The molecule has 1 aromatic rings. The molecule has 1 rings (SSSR count). The van der Waals surface area contributed by atoms with Gasteiger partial charge in [-0.15, -0.1) is 0 Å². The lowest BCUT2D eigenvalue weighted by Crippen LogP contribution is -2.33. The van der Waals surface area contributed by atoms with E-state index in [4.69, 9.17) is 15.7 Å². The molecule has 0 amide bonds. The van der Waals surface area contributed by atoms with Crippen molar-refractivity contribution in [1.29, 1.82) is 0 Å². The van der Waals surface area contributed by atoms with E-state index in [1.165, 1.54) is 12.1 Å². The van der Waals surface area contributed by atoms with E-state index in [0.717, 1.165) is 12.1 Å². The van der Waals surface area contributed by atoms with Crippen LogP contribution in [-0.4, -0.2) is 17.1 Å². The lowest BCUT2D eigenvalue weighted by atomic mass is 10.2. The van der Waals surface area contributed by atoms with Gasteiger partial charge in [-0.1, -0.05) is 12.1 Å². The molecule has 18 heavy (non-hydrogen) atoms. The van der Waals surface area contributed by atoms with Crippen molar-refractivity contribution >= 4 is 5.84 Å². The molecule has 1 unspecified atom stereocenters. The van der Waals surface area contributed by atoms with Crippen LogP contribution in [0.1, 0.15) is 18.9 Å². The second-order valence-electron chi connectivity index (χ2n) is 3.56. The number of alkyl halides is 3. The van der Waals surface area contributed by atoms with Crippen molar-refractivity contribution in [2.45, 2.75) is 25.6 Å². The smallest absolute Gasteiger partial charge is 0.416 e. The van der Waals surface area contributed by atoms with Crippen LogP contribution >= 0.6 is 0 Å². The first-order chi connectivity index (χ1) is 8.38. The molecule has 4 nitrogen and oxygen atoms in total. The Balaban J connectivity index is 2.80. The summed E-state index contributed by atoms with van der Waals surface area (Å²) in [5, 5.41) is 11.3. The van der Waals surface area contributed by atoms with E-state index in [2.05, 4.69) is 5.16 Å². The van der Waals surface area contributed by atoms with Gasteiger partial charge in [-0.25, -0.2) is 0 Å². The quantitative estimate of drug-likeness (QED) is 0.379. The molecular weight excluding hydrogens is 249 g/mol. The van der Waals surface area contributed by atoms with Gasteiger partial charge in [-0.3, -0.25) is 0 Å². The number of hydrogen-bond donors (Lipinski definition) is 2. The molecule has 0 heterocycles. The van der Waals surface area contributed by atoms with E-state index in [1.54, 1.807) is 6.92 Å². The molecular formula is C11H13F3N2O2. The summed E-state index contributed by atoms with van der Waals surface area (Å²) in [5.41, 5.74) is 4.61. The van der Waals surface area contributed by atoms with Gasteiger partial charge in [-0.2, -0.15) is 13.2 Å². The summed E-state index contributed by atoms with van der Waals surface area (Å²) in [4.78, 5) is 0. The van der Waals surface area contributed by atoms with Crippen LogP contribution in [0.2, 0.25) is 0 Å². The fourth-order valence-corrected chi connectivity index (χ4v) is 1.30. The highest BCUT2D eigenvalue weighted by molar-refractivity contribution is 5.84. The summed E-state index contributed by atoms with van der Waals surface area (Å²) in [6.45, 7) is 1.74. The van der Waals surface area contributed by atoms with Gasteiger partial charge in [0.1, 0.15) is 5.75 Å². The third-order valence-electron chi connectivity index (χ3n) is 2.28. The molecule has 0 aliphatic carbocycles. The first-order valence-electron chi connectivity index (χ1n) is 5.19. The average molecular weight is 262 g/mol. The number of amidine groups is 1. The summed E-state index contributed by atoms with van der Waals surface area (Å²) < 4.78 is 42.3. The highest BCUT2D eigenvalue weighted by atomic mass is 19.4. The standard InChI is InChI=1S/C11H13F3N2O2/c1-2-9(10(15)16-17)18-8-5-3-7(4-6-8)11(12,13)14/h3-6,9,17H,2H2,1H3,(H2,15,16). The second kappa shape index (κ2) is 5.61. The predicted molar refractivity (Wildman–Crippen MR) is 59.6 cm³/mol. The summed E-state index contributed by atoms with van der Waals surface area (Å²) in [6, 6.07) is 4.20. The first-order valence-corrected chi connectivity index (χ1v) is 5.19. The molecule has 0 spiro atoms. The summed E-state index contributed by atoms with van der Waals surface area (Å²) >= 11 is 0. The normalized spacial score (nSPS) is 14.3. The van der Waals surface area contributed by atoms with Gasteiger partial charge in [0.25, 0.3) is 0 Å². The minimum atomic E-state index is -4.38. The maximum atomic E-state index is 12.3. The van der Waals surface area contributed by atoms with Gasteiger partial charge in [0.05, 0.1) is 5.56 Å². The number of benzene rings is 1. The lowest BCUT2D eigenvalue weighted by Gasteiger charge is -2.16. The maximum Gasteiger partial charge on any atom is 0.416 e. The molecule has 0 fully saturated rings. The van der Waals surface area contributed by atoms with Crippen molar-refractivity contribution in [3.05, 3.63) is 29.8 Å². The third-order valence-corrected chi connectivity index (χ3v) is 2.28. The zero-order valence-electron chi connectivity index (χ0n) is 9.61. The van der Waals surface area contributed by atoms with Crippen LogP contribution in [-0.2, 0) is 6.18 Å². The van der Waals surface area contributed by atoms with Crippen LogP contribution in [0, 0.1) is 0 Å². The Bertz CT molecular complexity index is 415. The monoisotopic (exact) mass is 262 g/mol. The van der Waals surface area contributed by atoms with Crippen LogP contribution in [0.25, 0.3) is 0 Å². The molecule has 0 radical (unpaired) electrons. The molecule has 0 aromatic heterocycles. The van der Waals surface area contributed by atoms with Crippen molar-refractivity contribution in [1.82, 2.24) is 0 Å². The zero-order chi connectivity index (χ0) is 13.8. The summed E-state index contributed by atoms with van der Waals surface area (Å²) in [7, 11) is 0. The van der Waals surface area contributed by atoms with Crippen molar-refractivity contribution in [3.63, 3.8) is 0 Å². The minimum Gasteiger partial charge on any atom is -0.482 e. The van der Waals surface area contributed by atoms with Gasteiger partial charge in [0.2, 0.25) is 0 Å². The topological polar surface area (TPSA) is 67.8 Å². The van der Waals surface area contributed by atoms with Gasteiger partial charge < -0.3 is 15.7 Å². The van der Waals surface area contributed by atoms with Gasteiger partial charge in [0, 0.05) is 0 Å². The highest BCUT2D eigenvalue weighted by Gasteiger charge is 2.30. The van der Waals surface area contributed by atoms with Crippen molar-refractivity contribution in [2.24, 2.45) is 10.9 Å². The van der Waals surface area contributed by atoms with Crippen LogP contribution < -0.4 is 10.5 Å². The average Bonchev–Trinajstić information content (AvgIpc) is 2.34. The van der Waals surface area contributed by atoms with E-state index >= 15 is 0 Å². The van der Waals surface area contributed by atoms with E-state index in [-0.39, 0.29) is 11.6 Å². The summed E-state index contributed by atoms with van der Waals surface area (Å²) in [5.74, 6) is 0.0962. The Morgan fingerprint density at radius 3 is 2.33 bits per heavy atom. The molecule has 0 aliphatic heterocycles. The van der Waals surface area contributed by atoms with E-state index in [0.29, 0.717) is 6.42 Å². The van der Waals surface area contributed by atoms with E-state index in [1.807, 2.05) is 0 Å². The highest BCUT2D eigenvalue weighted by Crippen LogP contribution is 2.30. The number of nitrogens with zero attached hydrogens (tertiary/aromatic N) is 1. The van der Waals surface area contributed by atoms with Crippen LogP contribution in [0.15, 0.2) is 29.4 Å². The molecule has 0 saturated carbocycles. The second-order valence-corrected chi connectivity index (χ2v) is 3.56. The Morgan fingerprint density at radius 2 is 1.94 bits per heavy atom. The van der Waals surface area contributed by atoms with E-state index < -0.39 is 17.8 Å². The number of rotatable bonds is 4. The molecule has 0 saturated heterocycles. The van der Waals surface area contributed by atoms with Gasteiger partial charge in [0.15, 0.2) is 11.9 Å². The summed E-state index contributed by atoms with van der Waals surface area (Å²) in [6.07, 6.45) is -4.63. The number of ether oxygens (including phenoxy) is 1. The molecule has 0 bridgehead atoms. The van der Waals surface area contributed by atoms with Gasteiger partial charge >= 0.3 is 6.18 Å². The maximum absolute atomic E-state index is 12.3. The Hall–Kier alpha value is -1.92. The largest absolute Gasteiger partial charge is 0.482 e. The SMILES string of the molecule is CCC(Oc1ccc(C(F)(F)F)cc1)C(N)=NO. The fraction of sp³-hybridized carbons (Fsp3) is 0.364. The Labute approximate surface area is 102 Å². The number of nitrogens with two attached hydrogens (primary N) is 1. The molecule has 1 aromatic carbocycles. The minimum absolute atomic E-state index is 0.127. The zero-order valence-corrected chi connectivity index (χ0v) is 9.61. The van der Waals surface area contributed by atoms with Crippen molar-refractivity contribution < 1.29 is 23.1 Å². The molecule has 0 aliphatic rings. The van der Waals surface area contributed by atoms with Gasteiger partial charge in [-0.05, 0) is 30.7 Å². The van der Waals surface area contributed by atoms with Crippen LogP contribution in [0.3, 0.4) is 0 Å². The van der Waals surface area contributed by atoms with E-state index in [9.17, 15) is 13.2 Å². The number of hydrogen-bond acceptors (Lipinski definition) is 3. The van der Waals surface area contributed by atoms with Crippen molar-refractivity contribution in [2.75, 3.05) is 0 Å². The molecule has 100 valence electrons. The third kappa shape index (κ3) is 3.54. The lowest BCUT2D eigenvalue weighted by molar-refractivity contribution is -0.137. The predicted octanol–water partition coefficient (Wildman–Crippen LogP) is 2.61. The number of halogens is 3.